The fourth-order valence-electron chi connectivity index (χ4n) is 2.41. The third kappa shape index (κ3) is 6.66. The first kappa shape index (κ1) is 22.7. The third-order valence-electron chi connectivity index (χ3n) is 3.91. The average Bonchev–Trinajstić information content (AvgIpc) is 2.72. The molecule has 1 atom stereocenters. The third-order valence-corrected chi connectivity index (χ3v) is 3.91. The maximum absolute atomic E-state index is 11.6. The first-order chi connectivity index (χ1) is 10.8. The minimum Gasteiger partial charge on any atom is -0.356 e. The Balaban J connectivity index is 0.00000529. The lowest BCUT2D eigenvalue weighted by Gasteiger charge is -2.18. The predicted octanol–water partition coefficient (Wildman–Crippen LogP) is 1.23. The predicted molar refractivity (Wildman–Crippen MR) is 109 cm³/mol. The van der Waals surface area contributed by atoms with Crippen molar-refractivity contribution in [3.05, 3.63) is 17.0 Å². The number of rotatable bonds is 6. The lowest BCUT2D eigenvalue weighted by molar-refractivity contribution is -0.128. The van der Waals surface area contributed by atoms with Gasteiger partial charge in [-0.25, -0.2) is 0 Å². The highest BCUT2D eigenvalue weighted by atomic mass is 127. The Bertz CT molecular complexity index is 567. The summed E-state index contributed by atoms with van der Waals surface area (Å²) in [6, 6.07) is 0.215. The zero-order chi connectivity index (χ0) is 17.6. The van der Waals surface area contributed by atoms with Crippen LogP contribution >= 0.6 is 24.0 Å². The molecule has 1 amide bonds. The quantitative estimate of drug-likeness (QED) is 0.389. The summed E-state index contributed by atoms with van der Waals surface area (Å²) in [4.78, 5) is 17.4. The summed E-state index contributed by atoms with van der Waals surface area (Å²) in [6.45, 7) is 6.80. The number of aromatic nitrogens is 2. The Morgan fingerprint density at radius 2 is 2.00 bits per heavy atom. The number of halogens is 1. The van der Waals surface area contributed by atoms with E-state index in [0.29, 0.717) is 18.9 Å². The highest BCUT2D eigenvalue weighted by Gasteiger charge is 2.14. The zero-order valence-electron chi connectivity index (χ0n) is 15.8. The Morgan fingerprint density at radius 1 is 1.38 bits per heavy atom. The van der Waals surface area contributed by atoms with Crippen LogP contribution in [0.3, 0.4) is 0 Å². The van der Waals surface area contributed by atoms with Crippen molar-refractivity contribution in [1.82, 2.24) is 25.3 Å². The fraction of sp³-hybridized carbons (Fsp3) is 0.688. The molecule has 0 aliphatic heterocycles. The van der Waals surface area contributed by atoms with Gasteiger partial charge in [0.15, 0.2) is 5.96 Å². The number of carbonyl (C=O) groups is 1. The van der Waals surface area contributed by atoms with Crippen LogP contribution in [0.5, 0.6) is 0 Å². The summed E-state index contributed by atoms with van der Waals surface area (Å²) >= 11 is 0. The van der Waals surface area contributed by atoms with Crippen LogP contribution < -0.4 is 10.6 Å². The molecule has 1 aromatic rings. The van der Waals surface area contributed by atoms with E-state index in [1.54, 1.807) is 26.0 Å². The number of aliphatic imine (C=N–C) groups is 1. The molecular formula is C16H31IN6O. The summed E-state index contributed by atoms with van der Waals surface area (Å²) in [7, 11) is 7.22. The molecule has 2 N–H and O–H groups in total. The largest absolute Gasteiger partial charge is 0.356 e. The van der Waals surface area contributed by atoms with Crippen molar-refractivity contribution in [3.63, 3.8) is 0 Å². The van der Waals surface area contributed by atoms with Crippen LogP contribution in [0.1, 0.15) is 30.3 Å². The number of guanidine groups is 1. The molecule has 24 heavy (non-hydrogen) atoms. The molecule has 0 aliphatic rings. The van der Waals surface area contributed by atoms with Gasteiger partial charge in [0.2, 0.25) is 5.91 Å². The number of hydrogen-bond donors (Lipinski definition) is 2. The number of nitrogens with one attached hydrogen (secondary N) is 2. The van der Waals surface area contributed by atoms with Gasteiger partial charge in [0.05, 0.1) is 5.69 Å². The lowest BCUT2D eigenvalue weighted by atomic mass is 10.1. The normalized spacial score (nSPS) is 12.4. The summed E-state index contributed by atoms with van der Waals surface area (Å²) in [5.41, 5.74) is 3.53. The number of hydrogen-bond acceptors (Lipinski definition) is 3. The maximum atomic E-state index is 11.6. The van der Waals surface area contributed by atoms with E-state index in [0.717, 1.165) is 12.1 Å². The van der Waals surface area contributed by atoms with Gasteiger partial charge in [-0.15, -0.1) is 24.0 Å². The van der Waals surface area contributed by atoms with Gasteiger partial charge in [0.1, 0.15) is 0 Å². The number of carbonyl (C=O) groups excluding carboxylic acids is 1. The van der Waals surface area contributed by atoms with Gasteiger partial charge >= 0.3 is 0 Å². The fourth-order valence-corrected chi connectivity index (χ4v) is 2.41. The summed E-state index contributed by atoms with van der Waals surface area (Å²) in [5, 5.41) is 11.0. The van der Waals surface area contributed by atoms with E-state index in [1.807, 2.05) is 18.7 Å². The van der Waals surface area contributed by atoms with Crippen LogP contribution in [0.2, 0.25) is 0 Å². The first-order valence-corrected chi connectivity index (χ1v) is 7.92. The average molecular weight is 450 g/mol. The van der Waals surface area contributed by atoms with Crippen LogP contribution in [-0.2, 0) is 18.3 Å². The highest BCUT2D eigenvalue weighted by Crippen LogP contribution is 2.14. The summed E-state index contributed by atoms with van der Waals surface area (Å²) in [6.07, 6.45) is 1.33. The second-order valence-corrected chi connectivity index (χ2v) is 6.06. The summed E-state index contributed by atoms with van der Waals surface area (Å²) in [5.74, 6) is 0.811. The molecule has 1 heterocycles. The van der Waals surface area contributed by atoms with Crippen LogP contribution in [-0.4, -0.2) is 60.3 Å². The van der Waals surface area contributed by atoms with Gasteiger partial charge in [0, 0.05) is 52.9 Å². The molecule has 0 spiro atoms. The van der Waals surface area contributed by atoms with Crippen LogP contribution in [0.4, 0.5) is 0 Å². The molecule has 1 unspecified atom stereocenters. The van der Waals surface area contributed by atoms with Crippen LogP contribution in [0.15, 0.2) is 4.99 Å². The maximum Gasteiger partial charge on any atom is 0.223 e. The molecule has 7 nitrogen and oxygen atoms in total. The van der Waals surface area contributed by atoms with E-state index in [-0.39, 0.29) is 35.9 Å². The molecule has 0 bridgehead atoms. The molecule has 0 saturated carbocycles. The smallest absolute Gasteiger partial charge is 0.223 e. The van der Waals surface area contributed by atoms with Gasteiger partial charge in [-0.3, -0.25) is 14.5 Å². The molecule has 0 saturated heterocycles. The highest BCUT2D eigenvalue weighted by molar-refractivity contribution is 14.0. The van der Waals surface area contributed by atoms with Crippen LogP contribution in [0, 0.1) is 13.8 Å². The van der Waals surface area contributed by atoms with E-state index in [1.165, 1.54) is 11.3 Å². The molecule has 0 aliphatic carbocycles. The number of aryl methyl sites for hydroxylation is 2. The zero-order valence-corrected chi connectivity index (χ0v) is 18.1. The van der Waals surface area contributed by atoms with Crippen molar-refractivity contribution in [3.8, 4) is 0 Å². The molecular weight excluding hydrogens is 419 g/mol. The van der Waals surface area contributed by atoms with Gasteiger partial charge in [-0.05, 0) is 32.8 Å². The van der Waals surface area contributed by atoms with Gasteiger partial charge in [-0.1, -0.05) is 0 Å². The Hall–Kier alpha value is -1.32. The molecule has 0 radical (unpaired) electrons. The summed E-state index contributed by atoms with van der Waals surface area (Å²) < 4.78 is 1.91. The van der Waals surface area contributed by atoms with Crippen molar-refractivity contribution in [1.29, 1.82) is 0 Å². The van der Waals surface area contributed by atoms with Crippen molar-refractivity contribution in [2.75, 3.05) is 27.7 Å². The van der Waals surface area contributed by atoms with E-state index in [9.17, 15) is 4.79 Å². The molecule has 0 fully saturated rings. The Labute approximate surface area is 162 Å². The SMILES string of the molecule is CN=C(NCCC(=O)N(C)C)NC(C)Cc1c(C)nn(C)c1C.I. The van der Waals surface area contributed by atoms with Crippen LogP contribution in [0.25, 0.3) is 0 Å². The number of nitrogens with zero attached hydrogens (tertiary/aromatic N) is 4. The minimum absolute atomic E-state index is 0. The second kappa shape index (κ2) is 10.5. The molecule has 1 aromatic heterocycles. The van der Waals surface area contributed by atoms with E-state index >= 15 is 0 Å². The van der Waals surface area contributed by atoms with E-state index < -0.39 is 0 Å². The van der Waals surface area contributed by atoms with Gasteiger partial charge < -0.3 is 15.5 Å². The first-order valence-electron chi connectivity index (χ1n) is 7.92. The Morgan fingerprint density at radius 3 is 2.46 bits per heavy atom. The van der Waals surface area contributed by atoms with Crippen molar-refractivity contribution >= 4 is 35.8 Å². The Kier molecular flexibility index (Phi) is 9.95. The van der Waals surface area contributed by atoms with Crippen molar-refractivity contribution in [2.24, 2.45) is 12.0 Å². The second-order valence-electron chi connectivity index (χ2n) is 6.06. The van der Waals surface area contributed by atoms with Gasteiger partial charge in [-0.2, -0.15) is 5.10 Å². The molecule has 8 heteroatoms. The topological polar surface area (TPSA) is 74.6 Å². The molecule has 1 rings (SSSR count). The standard InChI is InChI=1S/C16H30N6O.HI/c1-11(10-14-12(2)20-22(7)13(14)3)19-16(17-4)18-9-8-15(23)21(5)6;/h11H,8-10H2,1-7H3,(H2,17,18,19);1H. The monoisotopic (exact) mass is 450 g/mol. The lowest BCUT2D eigenvalue weighted by Crippen LogP contribution is -2.44. The van der Waals surface area contributed by atoms with Crippen molar-refractivity contribution < 1.29 is 4.79 Å². The number of amides is 1. The van der Waals surface area contributed by atoms with Crippen molar-refractivity contribution in [2.45, 2.75) is 39.7 Å². The van der Waals surface area contributed by atoms with Gasteiger partial charge in [0.25, 0.3) is 0 Å². The molecule has 0 aromatic carbocycles. The van der Waals surface area contributed by atoms with E-state index in [2.05, 4.69) is 34.6 Å². The minimum atomic E-state index is 0. The van der Waals surface area contributed by atoms with E-state index in [4.69, 9.17) is 0 Å². The molecule has 138 valence electrons.